The summed E-state index contributed by atoms with van der Waals surface area (Å²) < 4.78 is 0. The molecule has 0 unspecified atom stereocenters. The molecule has 1 aromatic rings. The Kier molecular flexibility index (Phi) is 7.27. The molecule has 1 saturated heterocycles. The molecule has 0 bridgehead atoms. The van der Waals surface area contributed by atoms with Crippen LogP contribution in [0.4, 0.5) is 5.69 Å². The van der Waals surface area contributed by atoms with Gasteiger partial charge >= 0.3 is 0 Å². The maximum absolute atomic E-state index is 12.2. The van der Waals surface area contributed by atoms with Gasteiger partial charge in [-0.1, -0.05) is 57.2 Å². The van der Waals surface area contributed by atoms with Crippen molar-refractivity contribution in [2.75, 3.05) is 31.1 Å². The highest BCUT2D eigenvalue weighted by molar-refractivity contribution is 5.76. The fourth-order valence-corrected chi connectivity index (χ4v) is 3.07. The van der Waals surface area contributed by atoms with Crippen LogP contribution in [0.25, 0.3) is 0 Å². The number of rotatable bonds is 8. The van der Waals surface area contributed by atoms with Gasteiger partial charge in [0.25, 0.3) is 0 Å². The first kappa shape index (κ1) is 16.9. The number of amides is 1. The molecule has 1 heterocycles. The Bertz CT molecular complexity index is 424. The first-order valence-electron chi connectivity index (χ1n) is 8.89. The van der Waals surface area contributed by atoms with E-state index in [-0.39, 0.29) is 0 Å². The molecule has 0 spiro atoms. The van der Waals surface area contributed by atoms with Crippen molar-refractivity contribution in [3.63, 3.8) is 0 Å². The van der Waals surface area contributed by atoms with E-state index in [1.165, 1.54) is 37.8 Å². The third kappa shape index (κ3) is 5.36. The molecule has 1 aliphatic heterocycles. The number of hydrogen-bond donors (Lipinski definition) is 0. The summed E-state index contributed by atoms with van der Waals surface area (Å²) in [6.07, 6.45) is 8.21. The van der Waals surface area contributed by atoms with Gasteiger partial charge in [0, 0.05) is 38.3 Å². The van der Waals surface area contributed by atoms with E-state index < -0.39 is 0 Å². The predicted octanol–water partition coefficient (Wildman–Crippen LogP) is 4.09. The highest BCUT2D eigenvalue weighted by atomic mass is 16.2. The lowest BCUT2D eigenvalue weighted by molar-refractivity contribution is -0.131. The van der Waals surface area contributed by atoms with Gasteiger partial charge < -0.3 is 9.80 Å². The number of para-hydroxylation sites is 1. The summed E-state index contributed by atoms with van der Waals surface area (Å²) in [6.45, 7) is 5.87. The van der Waals surface area contributed by atoms with Crippen LogP contribution in [0.1, 0.15) is 51.9 Å². The van der Waals surface area contributed by atoms with Crippen LogP contribution in [0.15, 0.2) is 30.3 Å². The van der Waals surface area contributed by atoms with Crippen LogP contribution in [-0.4, -0.2) is 37.0 Å². The van der Waals surface area contributed by atoms with Gasteiger partial charge in [-0.2, -0.15) is 0 Å². The molecule has 0 saturated carbocycles. The van der Waals surface area contributed by atoms with E-state index in [9.17, 15) is 4.79 Å². The Morgan fingerprint density at radius 2 is 1.55 bits per heavy atom. The molecule has 0 aromatic heterocycles. The summed E-state index contributed by atoms with van der Waals surface area (Å²) in [5.74, 6) is 0.350. The molecule has 1 aliphatic rings. The molecule has 0 aliphatic carbocycles. The molecule has 2 rings (SSSR count). The number of carbonyl (C=O) groups is 1. The Labute approximate surface area is 135 Å². The molecule has 0 radical (unpaired) electrons. The molecule has 1 amide bonds. The van der Waals surface area contributed by atoms with Gasteiger partial charge in [-0.05, 0) is 18.6 Å². The van der Waals surface area contributed by atoms with Gasteiger partial charge in [0.1, 0.15) is 0 Å². The second-order valence-electron chi connectivity index (χ2n) is 6.22. The molecular weight excluding hydrogens is 272 g/mol. The predicted molar refractivity (Wildman–Crippen MR) is 93.2 cm³/mol. The molecular formula is C19H30N2O. The molecule has 122 valence electrons. The largest absolute Gasteiger partial charge is 0.368 e. The van der Waals surface area contributed by atoms with Crippen LogP contribution in [0.5, 0.6) is 0 Å². The molecule has 1 aromatic carbocycles. The standard InChI is InChI=1S/C19H30N2O/c1-2-3-4-5-6-10-13-19(22)21-16-14-20(15-17-21)18-11-8-7-9-12-18/h7-9,11-12H,2-6,10,13-17H2,1H3. The van der Waals surface area contributed by atoms with Gasteiger partial charge in [-0.3, -0.25) is 4.79 Å². The number of anilines is 1. The molecule has 0 N–H and O–H groups in total. The average molecular weight is 302 g/mol. The summed E-state index contributed by atoms with van der Waals surface area (Å²) >= 11 is 0. The van der Waals surface area contributed by atoms with E-state index in [4.69, 9.17) is 0 Å². The monoisotopic (exact) mass is 302 g/mol. The lowest BCUT2D eigenvalue weighted by Crippen LogP contribution is -2.48. The minimum absolute atomic E-state index is 0.350. The number of unbranched alkanes of at least 4 members (excludes halogenated alkanes) is 5. The summed E-state index contributed by atoms with van der Waals surface area (Å²) in [7, 11) is 0. The van der Waals surface area contributed by atoms with Crippen molar-refractivity contribution in [2.45, 2.75) is 51.9 Å². The zero-order valence-corrected chi connectivity index (χ0v) is 14.0. The molecule has 22 heavy (non-hydrogen) atoms. The Balaban J connectivity index is 1.63. The Morgan fingerprint density at radius 1 is 0.909 bits per heavy atom. The van der Waals surface area contributed by atoms with Crippen molar-refractivity contribution in [1.29, 1.82) is 0 Å². The van der Waals surface area contributed by atoms with E-state index in [0.717, 1.165) is 39.0 Å². The highest BCUT2D eigenvalue weighted by Gasteiger charge is 2.20. The molecule has 3 nitrogen and oxygen atoms in total. The average Bonchev–Trinajstić information content (AvgIpc) is 2.59. The van der Waals surface area contributed by atoms with Crippen LogP contribution in [0.3, 0.4) is 0 Å². The van der Waals surface area contributed by atoms with Crippen molar-refractivity contribution in [2.24, 2.45) is 0 Å². The topological polar surface area (TPSA) is 23.6 Å². The Hall–Kier alpha value is -1.51. The minimum atomic E-state index is 0.350. The quantitative estimate of drug-likeness (QED) is 0.675. The molecule has 0 atom stereocenters. The van der Waals surface area contributed by atoms with Crippen molar-refractivity contribution in [3.8, 4) is 0 Å². The lowest BCUT2D eigenvalue weighted by Gasteiger charge is -2.36. The SMILES string of the molecule is CCCCCCCCC(=O)N1CCN(c2ccccc2)CC1. The van der Waals surface area contributed by atoms with Crippen molar-refractivity contribution in [1.82, 2.24) is 4.90 Å². The second kappa shape index (κ2) is 9.50. The summed E-state index contributed by atoms with van der Waals surface area (Å²) in [6, 6.07) is 10.5. The van der Waals surface area contributed by atoms with E-state index in [0.29, 0.717) is 5.91 Å². The zero-order valence-electron chi connectivity index (χ0n) is 14.0. The normalized spacial score (nSPS) is 15.1. The summed E-state index contributed by atoms with van der Waals surface area (Å²) in [5, 5.41) is 0. The fourth-order valence-electron chi connectivity index (χ4n) is 3.07. The number of piperazine rings is 1. The van der Waals surface area contributed by atoms with Gasteiger partial charge in [-0.25, -0.2) is 0 Å². The lowest BCUT2D eigenvalue weighted by atomic mass is 10.1. The Morgan fingerprint density at radius 3 is 2.23 bits per heavy atom. The summed E-state index contributed by atoms with van der Waals surface area (Å²) in [4.78, 5) is 16.7. The smallest absolute Gasteiger partial charge is 0.222 e. The number of nitrogens with zero attached hydrogens (tertiary/aromatic N) is 2. The molecule has 3 heteroatoms. The van der Waals surface area contributed by atoms with Gasteiger partial charge in [0.05, 0.1) is 0 Å². The van der Waals surface area contributed by atoms with Crippen molar-refractivity contribution < 1.29 is 4.79 Å². The van der Waals surface area contributed by atoms with Crippen LogP contribution in [-0.2, 0) is 4.79 Å². The van der Waals surface area contributed by atoms with E-state index in [1.807, 2.05) is 11.0 Å². The highest BCUT2D eigenvalue weighted by Crippen LogP contribution is 2.16. The van der Waals surface area contributed by atoms with Crippen LogP contribution >= 0.6 is 0 Å². The first-order valence-corrected chi connectivity index (χ1v) is 8.89. The van der Waals surface area contributed by atoms with Crippen LogP contribution < -0.4 is 4.90 Å². The van der Waals surface area contributed by atoms with E-state index in [2.05, 4.69) is 36.1 Å². The third-order valence-corrected chi connectivity index (χ3v) is 4.50. The number of carbonyl (C=O) groups excluding carboxylic acids is 1. The van der Waals surface area contributed by atoms with E-state index in [1.54, 1.807) is 0 Å². The van der Waals surface area contributed by atoms with Crippen LogP contribution in [0, 0.1) is 0 Å². The van der Waals surface area contributed by atoms with Gasteiger partial charge in [0.15, 0.2) is 0 Å². The van der Waals surface area contributed by atoms with Gasteiger partial charge in [0.2, 0.25) is 5.91 Å². The molecule has 1 fully saturated rings. The number of hydrogen-bond acceptors (Lipinski definition) is 2. The maximum Gasteiger partial charge on any atom is 0.222 e. The minimum Gasteiger partial charge on any atom is -0.368 e. The zero-order chi connectivity index (χ0) is 15.6. The maximum atomic E-state index is 12.2. The van der Waals surface area contributed by atoms with Crippen molar-refractivity contribution in [3.05, 3.63) is 30.3 Å². The van der Waals surface area contributed by atoms with Crippen molar-refractivity contribution >= 4 is 11.6 Å². The van der Waals surface area contributed by atoms with Crippen LogP contribution in [0.2, 0.25) is 0 Å². The van der Waals surface area contributed by atoms with Gasteiger partial charge in [-0.15, -0.1) is 0 Å². The summed E-state index contributed by atoms with van der Waals surface area (Å²) in [5.41, 5.74) is 1.27. The van der Waals surface area contributed by atoms with E-state index >= 15 is 0 Å². The first-order chi connectivity index (χ1) is 10.8. The second-order valence-corrected chi connectivity index (χ2v) is 6.22. The number of benzene rings is 1. The fraction of sp³-hybridized carbons (Fsp3) is 0.632. The third-order valence-electron chi connectivity index (χ3n) is 4.50.